The van der Waals surface area contributed by atoms with Crippen LogP contribution in [-0.4, -0.2) is 32.3 Å². The molecule has 0 bridgehead atoms. The van der Waals surface area contributed by atoms with Gasteiger partial charge >= 0.3 is 0 Å². The summed E-state index contributed by atoms with van der Waals surface area (Å²) >= 11 is 1.61. The highest BCUT2D eigenvalue weighted by Crippen LogP contribution is 2.27. The molecule has 0 unspecified atom stereocenters. The van der Waals surface area contributed by atoms with Crippen molar-refractivity contribution in [3.63, 3.8) is 0 Å². The Morgan fingerprint density at radius 1 is 1.38 bits per heavy atom. The maximum absolute atomic E-state index is 12.2. The number of carbonyl (C=O) groups excluding carboxylic acids is 1. The van der Waals surface area contributed by atoms with Crippen LogP contribution >= 0.6 is 11.3 Å². The number of aromatic nitrogens is 4. The second-order valence-electron chi connectivity index (χ2n) is 6.31. The standard InChI is InChI=1S/C18H23N5O2S/c1-6-15-21-13(9-26-15)12(4)20-14(24)8-25-18-16-10(2)7-11(3)19-17(16)23(5)22-18/h7,9,12H,6,8H2,1-5H3,(H,20,24)/t12-/m1/s1. The van der Waals surface area contributed by atoms with Gasteiger partial charge < -0.3 is 10.1 Å². The molecule has 26 heavy (non-hydrogen) atoms. The van der Waals surface area contributed by atoms with Crippen molar-refractivity contribution < 1.29 is 9.53 Å². The Labute approximate surface area is 156 Å². The van der Waals surface area contributed by atoms with Gasteiger partial charge in [0.05, 0.1) is 22.1 Å². The molecule has 3 aromatic heterocycles. The third kappa shape index (κ3) is 3.70. The summed E-state index contributed by atoms with van der Waals surface area (Å²) in [5.74, 6) is 0.220. The number of amides is 1. The van der Waals surface area contributed by atoms with Gasteiger partial charge in [0.25, 0.3) is 5.91 Å². The number of fused-ring (bicyclic) bond motifs is 1. The first kappa shape index (κ1) is 18.3. The Bertz CT molecular complexity index is 947. The average Bonchev–Trinajstić information content (AvgIpc) is 3.18. The van der Waals surface area contributed by atoms with Crippen molar-refractivity contribution in [1.29, 1.82) is 0 Å². The monoisotopic (exact) mass is 373 g/mol. The first-order valence-corrected chi connectivity index (χ1v) is 9.44. The van der Waals surface area contributed by atoms with Gasteiger partial charge in [0, 0.05) is 18.1 Å². The van der Waals surface area contributed by atoms with Gasteiger partial charge in [-0.1, -0.05) is 6.92 Å². The lowest BCUT2D eigenvalue weighted by Gasteiger charge is -2.12. The highest BCUT2D eigenvalue weighted by Gasteiger charge is 2.17. The van der Waals surface area contributed by atoms with Crippen molar-refractivity contribution in [2.45, 2.75) is 40.2 Å². The van der Waals surface area contributed by atoms with Crippen molar-refractivity contribution in [2.24, 2.45) is 7.05 Å². The summed E-state index contributed by atoms with van der Waals surface area (Å²) in [4.78, 5) is 21.2. The van der Waals surface area contributed by atoms with Crippen molar-refractivity contribution in [3.8, 4) is 5.88 Å². The minimum Gasteiger partial charge on any atom is -0.466 e. The summed E-state index contributed by atoms with van der Waals surface area (Å²) in [6.07, 6.45) is 0.897. The molecule has 3 heterocycles. The van der Waals surface area contributed by atoms with E-state index in [4.69, 9.17) is 4.74 Å². The number of aryl methyl sites for hydroxylation is 4. The van der Waals surface area contributed by atoms with Crippen LogP contribution in [0.15, 0.2) is 11.4 Å². The maximum Gasteiger partial charge on any atom is 0.258 e. The number of hydrogen-bond donors (Lipinski definition) is 1. The highest BCUT2D eigenvalue weighted by molar-refractivity contribution is 7.09. The van der Waals surface area contributed by atoms with E-state index < -0.39 is 0 Å². The largest absolute Gasteiger partial charge is 0.466 e. The fourth-order valence-corrected chi connectivity index (χ4v) is 3.67. The lowest BCUT2D eigenvalue weighted by molar-refractivity contribution is -0.123. The maximum atomic E-state index is 12.2. The predicted octanol–water partition coefficient (Wildman–Crippen LogP) is 2.86. The Balaban J connectivity index is 1.67. The Morgan fingerprint density at radius 2 is 2.15 bits per heavy atom. The molecule has 3 aromatic rings. The first-order valence-electron chi connectivity index (χ1n) is 8.56. The van der Waals surface area contributed by atoms with Crippen LogP contribution in [-0.2, 0) is 18.3 Å². The Kier molecular flexibility index (Phi) is 5.22. The molecule has 0 aromatic carbocycles. The van der Waals surface area contributed by atoms with E-state index >= 15 is 0 Å². The summed E-state index contributed by atoms with van der Waals surface area (Å²) < 4.78 is 7.36. The first-order chi connectivity index (χ1) is 12.4. The van der Waals surface area contributed by atoms with E-state index in [2.05, 4.69) is 27.3 Å². The minimum absolute atomic E-state index is 0.103. The van der Waals surface area contributed by atoms with Crippen LogP contribution in [0, 0.1) is 13.8 Å². The second kappa shape index (κ2) is 7.41. The van der Waals surface area contributed by atoms with Gasteiger partial charge in [0.2, 0.25) is 5.88 Å². The number of rotatable bonds is 6. The van der Waals surface area contributed by atoms with Crippen molar-refractivity contribution >= 4 is 28.3 Å². The molecule has 0 radical (unpaired) electrons. The van der Waals surface area contributed by atoms with Crippen LogP contribution in [0.2, 0.25) is 0 Å². The third-order valence-corrected chi connectivity index (χ3v) is 5.13. The topological polar surface area (TPSA) is 81.9 Å². The molecule has 0 aliphatic carbocycles. The van der Waals surface area contributed by atoms with Crippen LogP contribution in [0.3, 0.4) is 0 Å². The zero-order valence-electron chi connectivity index (χ0n) is 15.7. The molecule has 1 atom stereocenters. The molecule has 0 aliphatic heterocycles. The van der Waals surface area contributed by atoms with Gasteiger partial charge in [0.15, 0.2) is 12.3 Å². The normalized spacial score (nSPS) is 12.3. The van der Waals surface area contributed by atoms with Crippen LogP contribution in [0.5, 0.6) is 5.88 Å². The van der Waals surface area contributed by atoms with Crippen LogP contribution in [0.4, 0.5) is 0 Å². The second-order valence-corrected chi connectivity index (χ2v) is 7.25. The van der Waals surface area contributed by atoms with Gasteiger partial charge in [-0.2, -0.15) is 0 Å². The molecule has 3 rings (SSSR count). The number of thiazole rings is 1. The zero-order valence-corrected chi connectivity index (χ0v) is 16.5. The van der Waals surface area contributed by atoms with E-state index in [9.17, 15) is 4.79 Å². The lowest BCUT2D eigenvalue weighted by atomic mass is 10.2. The number of nitrogens with one attached hydrogen (secondary N) is 1. The summed E-state index contributed by atoms with van der Waals surface area (Å²) in [6.45, 7) is 7.81. The van der Waals surface area contributed by atoms with E-state index in [1.165, 1.54) is 0 Å². The van der Waals surface area contributed by atoms with Crippen LogP contribution < -0.4 is 10.1 Å². The molecule has 1 amide bonds. The molecular weight excluding hydrogens is 350 g/mol. The SMILES string of the molecule is CCc1nc([C@@H](C)NC(=O)COc2nn(C)c3nc(C)cc(C)c23)cs1. The van der Waals surface area contributed by atoms with Gasteiger partial charge in [-0.3, -0.25) is 4.79 Å². The summed E-state index contributed by atoms with van der Waals surface area (Å²) in [5, 5.41) is 11.2. The van der Waals surface area contributed by atoms with Crippen LogP contribution in [0.1, 0.15) is 41.8 Å². The molecule has 0 spiro atoms. The summed E-state index contributed by atoms with van der Waals surface area (Å²) in [7, 11) is 1.82. The Morgan fingerprint density at radius 3 is 2.85 bits per heavy atom. The fourth-order valence-electron chi connectivity index (χ4n) is 2.83. The number of carbonyl (C=O) groups is 1. The van der Waals surface area contributed by atoms with Crippen molar-refractivity contribution in [2.75, 3.05) is 6.61 Å². The van der Waals surface area contributed by atoms with E-state index in [0.29, 0.717) is 5.88 Å². The number of ether oxygens (including phenoxy) is 1. The van der Waals surface area contributed by atoms with Crippen LogP contribution in [0.25, 0.3) is 11.0 Å². The molecule has 0 fully saturated rings. The van der Waals surface area contributed by atoms with Gasteiger partial charge in [-0.15, -0.1) is 16.4 Å². The number of nitrogens with zero attached hydrogens (tertiary/aromatic N) is 4. The summed E-state index contributed by atoms with van der Waals surface area (Å²) in [6, 6.07) is 1.82. The average molecular weight is 373 g/mol. The number of pyridine rings is 1. The molecular formula is C18H23N5O2S. The molecule has 1 N–H and O–H groups in total. The molecule has 0 aliphatic rings. The molecule has 7 nitrogen and oxygen atoms in total. The predicted molar refractivity (Wildman–Crippen MR) is 102 cm³/mol. The van der Waals surface area contributed by atoms with E-state index in [-0.39, 0.29) is 18.6 Å². The Hall–Kier alpha value is -2.48. The van der Waals surface area contributed by atoms with E-state index in [1.807, 2.05) is 39.3 Å². The fraction of sp³-hybridized carbons (Fsp3) is 0.444. The van der Waals surface area contributed by atoms with E-state index in [0.717, 1.165) is 39.4 Å². The van der Waals surface area contributed by atoms with Gasteiger partial charge in [-0.05, 0) is 38.8 Å². The summed E-state index contributed by atoms with van der Waals surface area (Å²) in [5.41, 5.74) is 3.57. The smallest absolute Gasteiger partial charge is 0.258 e. The van der Waals surface area contributed by atoms with Gasteiger partial charge in [-0.25, -0.2) is 14.6 Å². The zero-order chi connectivity index (χ0) is 18.8. The molecule has 0 saturated heterocycles. The van der Waals surface area contributed by atoms with Crippen molar-refractivity contribution in [3.05, 3.63) is 33.4 Å². The molecule has 138 valence electrons. The van der Waals surface area contributed by atoms with Crippen molar-refractivity contribution in [1.82, 2.24) is 25.1 Å². The quantitative estimate of drug-likeness (QED) is 0.718. The minimum atomic E-state index is -0.208. The molecule has 0 saturated carbocycles. The number of hydrogen-bond acceptors (Lipinski definition) is 6. The highest BCUT2D eigenvalue weighted by atomic mass is 32.1. The van der Waals surface area contributed by atoms with Gasteiger partial charge in [0.1, 0.15) is 0 Å². The third-order valence-electron chi connectivity index (χ3n) is 4.12. The van der Waals surface area contributed by atoms with E-state index in [1.54, 1.807) is 16.0 Å². The molecule has 8 heteroatoms. The lowest BCUT2D eigenvalue weighted by Crippen LogP contribution is -2.31.